The molecule has 2 rings (SSSR count). The molecular formula is C16H33N3. The number of likely N-dealkylation sites (N-methyl/N-ethyl adjacent to an activating group) is 1. The lowest BCUT2D eigenvalue weighted by Gasteiger charge is -2.42. The van der Waals surface area contributed by atoms with Crippen LogP contribution in [0.1, 0.15) is 46.0 Å². The van der Waals surface area contributed by atoms with E-state index in [-0.39, 0.29) is 0 Å². The molecule has 0 aromatic carbocycles. The fourth-order valence-electron chi connectivity index (χ4n) is 4.02. The van der Waals surface area contributed by atoms with Crippen LogP contribution >= 0.6 is 0 Å². The molecule has 2 aliphatic rings. The summed E-state index contributed by atoms with van der Waals surface area (Å²) in [6.07, 6.45) is 6.54. The van der Waals surface area contributed by atoms with Gasteiger partial charge < -0.3 is 10.6 Å². The molecule has 1 saturated carbocycles. The van der Waals surface area contributed by atoms with E-state index in [0.717, 1.165) is 6.04 Å². The Balaban J connectivity index is 1.91. The van der Waals surface area contributed by atoms with E-state index >= 15 is 0 Å². The number of nitrogens with zero attached hydrogens (tertiary/aromatic N) is 2. The van der Waals surface area contributed by atoms with Crippen LogP contribution in [0.25, 0.3) is 0 Å². The Morgan fingerprint density at radius 1 is 1.26 bits per heavy atom. The van der Waals surface area contributed by atoms with Crippen LogP contribution in [0.5, 0.6) is 0 Å². The minimum absolute atomic E-state index is 0.425. The Kier molecular flexibility index (Phi) is 4.91. The van der Waals surface area contributed by atoms with Crippen molar-refractivity contribution in [2.24, 2.45) is 17.1 Å². The second-order valence-corrected chi connectivity index (χ2v) is 7.88. The first-order valence-corrected chi connectivity index (χ1v) is 8.02. The second kappa shape index (κ2) is 6.11. The van der Waals surface area contributed by atoms with Crippen LogP contribution in [0.2, 0.25) is 0 Å². The summed E-state index contributed by atoms with van der Waals surface area (Å²) in [5, 5.41) is 0. The Hall–Kier alpha value is -0.120. The van der Waals surface area contributed by atoms with Gasteiger partial charge in [-0.15, -0.1) is 0 Å². The van der Waals surface area contributed by atoms with E-state index in [2.05, 4.69) is 37.7 Å². The van der Waals surface area contributed by atoms with Gasteiger partial charge in [0.15, 0.2) is 0 Å². The van der Waals surface area contributed by atoms with Gasteiger partial charge in [-0.2, -0.15) is 0 Å². The number of hydrogen-bond acceptors (Lipinski definition) is 3. The van der Waals surface area contributed by atoms with Crippen molar-refractivity contribution < 1.29 is 0 Å². The fraction of sp³-hybridized carbons (Fsp3) is 1.00. The molecule has 3 heteroatoms. The molecule has 0 radical (unpaired) electrons. The molecule has 2 N–H and O–H groups in total. The molecule has 3 nitrogen and oxygen atoms in total. The molecule has 0 amide bonds. The third-order valence-electron chi connectivity index (χ3n) is 5.12. The maximum Gasteiger partial charge on any atom is 0.0223 e. The lowest BCUT2D eigenvalue weighted by molar-refractivity contribution is 0.102. The van der Waals surface area contributed by atoms with Crippen molar-refractivity contribution in [2.75, 3.05) is 33.7 Å². The zero-order valence-electron chi connectivity index (χ0n) is 13.4. The molecule has 3 unspecified atom stereocenters. The second-order valence-electron chi connectivity index (χ2n) is 7.88. The first kappa shape index (κ1) is 15.3. The maximum absolute atomic E-state index is 6.39. The van der Waals surface area contributed by atoms with E-state index in [9.17, 15) is 0 Å². The van der Waals surface area contributed by atoms with Crippen molar-refractivity contribution in [3.05, 3.63) is 0 Å². The average Bonchev–Trinajstić information content (AvgIpc) is 2.70. The van der Waals surface area contributed by atoms with Crippen LogP contribution in [-0.2, 0) is 0 Å². The van der Waals surface area contributed by atoms with Gasteiger partial charge in [0, 0.05) is 25.2 Å². The topological polar surface area (TPSA) is 32.5 Å². The van der Waals surface area contributed by atoms with E-state index in [0.29, 0.717) is 17.4 Å². The smallest absolute Gasteiger partial charge is 0.0223 e. The molecule has 0 spiro atoms. The normalized spacial score (nSPS) is 36.0. The van der Waals surface area contributed by atoms with Gasteiger partial charge in [0.1, 0.15) is 0 Å². The first-order valence-electron chi connectivity index (χ1n) is 8.02. The summed E-state index contributed by atoms with van der Waals surface area (Å²) in [6.45, 7) is 8.52. The lowest BCUT2D eigenvalue weighted by Crippen LogP contribution is -2.47. The van der Waals surface area contributed by atoms with Crippen molar-refractivity contribution in [1.29, 1.82) is 0 Å². The third kappa shape index (κ3) is 4.17. The number of rotatable bonds is 4. The van der Waals surface area contributed by atoms with Gasteiger partial charge in [0.2, 0.25) is 0 Å². The zero-order valence-corrected chi connectivity index (χ0v) is 13.4. The summed E-state index contributed by atoms with van der Waals surface area (Å²) >= 11 is 0. The van der Waals surface area contributed by atoms with Crippen molar-refractivity contribution in [1.82, 2.24) is 9.80 Å². The van der Waals surface area contributed by atoms with Crippen LogP contribution < -0.4 is 5.73 Å². The standard InChI is InChI=1S/C16H33N3/c1-16(2)8-7-15(17)13(10-16)11-19-9-5-6-14(19)12-18(3)4/h13-15H,5-12,17H2,1-4H3. The Bertz CT molecular complexity index is 288. The molecule has 1 heterocycles. The average molecular weight is 267 g/mol. The van der Waals surface area contributed by atoms with Gasteiger partial charge in [-0.25, -0.2) is 0 Å². The molecule has 0 aromatic rings. The Morgan fingerprint density at radius 3 is 2.68 bits per heavy atom. The monoisotopic (exact) mass is 267 g/mol. The highest BCUT2D eigenvalue weighted by atomic mass is 15.2. The SMILES string of the molecule is CN(C)CC1CCCN1CC1CC(C)(C)CCC1N. The van der Waals surface area contributed by atoms with E-state index in [1.165, 1.54) is 51.7 Å². The van der Waals surface area contributed by atoms with Crippen LogP contribution in [0.4, 0.5) is 0 Å². The van der Waals surface area contributed by atoms with Crippen LogP contribution in [0.15, 0.2) is 0 Å². The van der Waals surface area contributed by atoms with Gasteiger partial charge in [-0.3, -0.25) is 4.90 Å². The minimum Gasteiger partial charge on any atom is -0.327 e. The van der Waals surface area contributed by atoms with Gasteiger partial charge in [0.05, 0.1) is 0 Å². The summed E-state index contributed by atoms with van der Waals surface area (Å²) in [7, 11) is 4.37. The quantitative estimate of drug-likeness (QED) is 0.847. The lowest BCUT2D eigenvalue weighted by atomic mass is 9.70. The third-order valence-corrected chi connectivity index (χ3v) is 5.12. The number of likely N-dealkylation sites (tertiary alicyclic amines) is 1. The molecule has 3 atom stereocenters. The molecule has 19 heavy (non-hydrogen) atoms. The van der Waals surface area contributed by atoms with E-state index in [1.54, 1.807) is 0 Å². The highest BCUT2D eigenvalue weighted by molar-refractivity contribution is 4.91. The van der Waals surface area contributed by atoms with Crippen LogP contribution in [0.3, 0.4) is 0 Å². The Morgan fingerprint density at radius 2 is 2.00 bits per heavy atom. The Labute approximate surface area is 119 Å². The minimum atomic E-state index is 0.425. The molecule has 112 valence electrons. The largest absolute Gasteiger partial charge is 0.327 e. The fourth-order valence-corrected chi connectivity index (χ4v) is 4.02. The summed E-state index contributed by atoms with van der Waals surface area (Å²) in [4.78, 5) is 5.04. The van der Waals surface area contributed by atoms with Gasteiger partial charge in [-0.05, 0) is 64.1 Å². The molecule has 1 aliphatic carbocycles. The van der Waals surface area contributed by atoms with Gasteiger partial charge in [-0.1, -0.05) is 13.8 Å². The predicted octanol–water partition coefficient (Wildman–Crippen LogP) is 2.17. The summed E-state index contributed by atoms with van der Waals surface area (Å²) in [5.74, 6) is 0.700. The van der Waals surface area contributed by atoms with E-state index in [4.69, 9.17) is 5.73 Å². The number of nitrogens with two attached hydrogens (primary N) is 1. The number of hydrogen-bond donors (Lipinski definition) is 1. The van der Waals surface area contributed by atoms with Crippen molar-refractivity contribution in [3.63, 3.8) is 0 Å². The van der Waals surface area contributed by atoms with E-state index in [1.807, 2.05) is 0 Å². The highest BCUT2D eigenvalue weighted by Crippen LogP contribution is 2.39. The zero-order chi connectivity index (χ0) is 14.0. The first-order chi connectivity index (χ1) is 8.87. The van der Waals surface area contributed by atoms with Crippen molar-refractivity contribution in [3.8, 4) is 0 Å². The maximum atomic E-state index is 6.39. The predicted molar refractivity (Wildman–Crippen MR) is 82.2 cm³/mol. The molecule has 1 saturated heterocycles. The molecular weight excluding hydrogens is 234 g/mol. The van der Waals surface area contributed by atoms with Crippen LogP contribution in [-0.4, -0.2) is 55.6 Å². The van der Waals surface area contributed by atoms with Crippen molar-refractivity contribution in [2.45, 2.75) is 58.0 Å². The highest BCUT2D eigenvalue weighted by Gasteiger charge is 2.36. The molecule has 1 aliphatic heterocycles. The van der Waals surface area contributed by atoms with Gasteiger partial charge >= 0.3 is 0 Å². The summed E-state index contributed by atoms with van der Waals surface area (Å²) in [6, 6.07) is 1.18. The summed E-state index contributed by atoms with van der Waals surface area (Å²) in [5.41, 5.74) is 6.89. The molecule has 0 aromatic heterocycles. The summed E-state index contributed by atoms with van der Waals surface area (Å²) < 4.78 is 0. The molecule has 0 bridgehead atoms. The van der Waals surface area contributed by atoms with Crippen LogP contribution in [0, 0.1) is 11.3 Å². The van der Waals surface area contributed by atoms with E-state index < -0.39 is 0 Å². The van der Waals surface area contributed by atoms with Gasteiger partial charge in [0.25, 0.3) is 0 Å². The molecule has 2 fully saturated rings. The van der Waals surface area contributed by atoms with Crippen molar-refractivity contribution >= 4 is 0 Å².